The van der Waals surface area contributed by atoms with Gasteiger partial charge in [-0.2, -0.15) is 0 Å². The quantitative estimate of drug-likeness (QED) is 0.536. The van der Waals surface area contributed by atoms with E-state index in [4.69, 9.17) is 5.73 Å². The van der Waals surface area contributed by atoms with E-state index in [9.17, 15) is 28.8 Å². The normalized spacial score (nSPS) is 16.8. The van der Waals surface area contributed by atoms with Gasteiger partial charge in [0.1, 0.15) is 0 Å². The Bertz CT molecular complexity index is 638. The van der Waals surface area contributed by atoms with Crippen LogP contribution in [-0.4, -0.2) is 70.1 Å². The lowest BCUT2D eigenvalue weighted by Crippen LogP contribution is -2.44. The van der Waals surface area contributed by atoms with Gasteiger partial charge in [-0.05, 0) is 0 Å². The fourth-order valence-electron chi connectivity index (χ4n) is 2.24. The smallest absolute Gasteiger partial charge is 0.334 e. The van der Waals surface area contributed by atoms with Crippen molar-refractivity contribution >= 4 is 35.6 Å². The maximum Gasteiger partial charge on any atom is 0.334 e. The van der Waals surface area contributed by atoms with E-state index in [-0.39, 0.29) is 38.9 Å². The van der Waals surface area contributed by atoms with Crippen molar-refractivity contribution in [1.29, 1.82) is 0 Å². The average Bonchev–Trinajstić information content (AvgIpc) is 3.03. The van der Waals surface area contributed by atoms with Crippen LogP contribution in [0.3, 0.4) is 0 Å². The number of amides is 6. The number of hydrogen-bond donors (Lipinski definition) is 1. The molecule has 0 aromatic rings. The maximum absolute atomic E-state index is 11.7. The molecule has 0 spiro atoms. The lowest BCUT2D eigenvalue weighted by Gasteiger charge is -2.23. The second-order valence-corrected chi connectivity index (χ2v) is 5.28. The average molecular weight is 352 g/mol. The summed E-state index contributed by atoms with van der Waals surface area (Å²) < 4.78 is 0. The van der Waals surface area contributed by atoms with Gasteiger partial charge in [-0.1, -0.05) is 0 Å². The Balaban J connectivity index is 1.81. The fourth-order valence-corrected chi connectivity index (χ4v) is 2.24. The lowest BCUT2D eigenvalue weighted by atomic mass is 10.3. The van der Waals surface area contributed by atoms with Crippen molar-refractivity contribution in [3.05, 3.63) is 12.2 Å². The molecule has 0 bridgehead atoms. The molecule has 0 aromatic heterocycles. The molecule has 1 fully saturated rings. The second kappa shape index (κ2) is 7.55. The third-order valence-corrected chi connectivity index (χ3v) is 3.59. The molecular formula is C14H16N4O7. The van der Waals surface area contributed by atoms with Crippen LogP contribution in [0.15, 0.2) is 12.2 Å². The first-order chi connectivity index (χ1) is 11.8. The number of nitrogens with two attached hydrogens (primary N) is 1. The predicted molar refractivity (Wildman–Crippen MR) is 78.8 cm³/mol. The monoisotopic (exact) mass is 352 g/mol. The maximum atomic E-state index is 11.7. The van der Waals surface area contributed by atoms with Crippen LogP contribution in [0.1, 0.15) is 19.3 Å². The lowest BCUT2D eigenvalue weighted by molar-refractivity contribution is -0.197. The predicted octanol–water partition coefficient (Wildman–Crippen LogP) is -1.71. The molecule has 134 valence electrons. The number of hydroxylamine groups is 2. The molecule has 0 aliphatic carbocycles. The molecule has 2 aliphatic rings. The molecule has 2 aliphatic heterocycles. The third-order valence-electron chi connectivity index (χ3n) is 3.59. The van der Waals surface area contributed by atoms with E-state index in [1.54, 1.807) is 0 Å². The van der Waals surface area contributed by atoms with Gasteiger partial charge in [0.05, 0.1) is 6.42 Å². The van der Waals surface area contributed by atoms with Crippen LogP contribution in [0.5, 0.6) is 0 Å². The summed E-state index contributed by atoms with van der Waals surface area (Å²) in [6.45, 7) is -0.302. The summed E-state index contributed by atoms with van der Waals surface area (Å²) in [5, 5.41) is 0.407. The van der Waals surface area contributed by atoms with Gasteiger partial charge in [-0.25, -0.2) is 9.59 Å². The van der Waals surface area contributed by atoms with Gasteiger partial charge >= 0.3 is 12.0 Å². The van der Waals surface area contributed by atoms with Crippen molar-refractivity contribution in [2.45, 2.75) is 19.3 Å². The van der Waals surface area contributed by atoms with Crippen LogP contribution in [0.2, 0.25) is 0 Å². The molecule has 0 saturated carbocycles. The summed E-state index contributed by atoms with van der Waals surface area (Å²) in [7, 11) is 0. The van der Waals surface area contributed by atoms with Crippen LogP contribution < -0.4 is 5.73 Å². The van der Waals surface area contributed by atoms with E-state index in [0.29, 0.717) is 5.06 Å². The van der Waals surface area contributed by atoms with Crippen molar-refractivity contribution in [3.63, 3.8) is 0 Å². The first-order valence-electron chi connectivity index (χ1n) is 7.44. The Labute approximate surface area is 141 Å². The Hall–Kier alpha value is -3.24. The number of primary amides is 1. The zero-order valence-corrected chi connectivity index (χ0v) is 13.2. The Kier molecular flexibility index (Phi) is 5.47. The summed E-state index contributed by atoms with van der Waals surface area (Å²) in [5.74, 6) is -3.10. The van der Waals surface area contributed by atoms with Crippen LogP contribution in [0.4, 0.5) is 4.79 Å². The number of urea groups is 1. The third kappa shape index (κ3) is 4.40. The first kappa shape index (κ1) is 18.1. The number of rotatable bonds is 7. The van der Waals surface area contributed by atoms with Crippen molar-refractivity contribution in [2.75, 3.05) is 19.6 Å². The van der Waals surface area contributed by atoms with Gasteiger partial charge in [-0.15, -0.1) is 5.06 Å². The number of carbonyl (C=O) groups is 6. The number of imide groups is 2. The molecular weight excluding hydrogens is 336 g/mol. The SMILES string of the molecule is NC(=O)N(CCC(=O)ON1C(=O)CCC1=O)CCN1C(=O)C=CC1=O. The van der Waals surface area contributed by atoms with Gasteiger partial charge in [0, 0.05) is 44.6 Å². The van der Waals surface area contributed by atoms with Crippen molar-refractivity contribution in [2.24, 2.45) is 5.73 Å². The standard InChI is InChI=1S/C14H16N4O7/c15-14(24)16(7-8-17-9(19)1-2-10(17)20)6-5-13(23)25-18-11(21)3-4-12(18)22/h1-2H,3-8H2,(H2,15,24). The molecule has 2 N–H and O–H groups in total. The molecule has 11 heteroatoms. The number of nitrogens with zero attached hydrogens (tertiary/aromatic N) is 3. The Morgan fingerprint density at radius 2 is 1.60 bits per heavy atom. The van der Waals surface area contributed by atoms with Crippen molar-refractivity contribution in [1.82, 2.24) is 14.9 Å². The van der Waals surface area contributed by atoms with Gasteiger partial charge in [-0.3, -0.25) is 24.1 Å². The van der Waals surface area contributed by atoms with Crippen LogP contribution in [-0.2, 0) is 28.8 Å². The highest BCUT2D eigenvalue weighted by molar-refractivity contribution is 6.12. The zero-order chi connectivity index (χ0) is 18.6. The highest BCUT2D eigenvalue weighted by Gasteiger charge is 2.33. The topological polar surface area (TPSA) is 147 Å². The van der Waals surface area contributed by atoms with E-state index in [0.717, 1.165) is 22.0 Å². The van der Waals surface area contributed by atoms with Gasteiger partial charge < -0.3 is 15.5 Å². The van der Waals surface area contributed by atoms with Gasteiger partial charge in [0.15, 0.2) is 0 Å². The summed E-state index contributed by atoms with van der Waals surface area (Å²) in [6, 6.07) is -0.854. The van der Waals surface area contributed by atoms with Crippen LogP contribution in [0, 0.1) is 0 Å². The largest absolute Gasteiger partial charge is 0.351 e. The summed E-state index contributed by atoms with van der Waals surface area (Å²) in [4.78, 5) is 75.3. The van der Waals surface area contributed by atoms with Crippen molar-refractivity contribution in [3.8, 4) is 0 Å². The second-order valence-electron chi connectivity index (χ2n) is 5.28. The summed E-state index contributed by atoms with van der Waals surface area (Å²) in [5.41, 5.74) is 5.20. The molecule has 25 heavy (non-hydrogen) atoms. The fraction of sp³-hybridized carbons (Fsp3) is 0.429. The van der Waals surface area contributed by atoms with E-state index in [2.05, 4.69) is 4.84 Å². The van der Waals surface area contributed by atoms with Crippen molar-refractivity contribution < 1.29 is 33.6 Å². The Morgan fingerprint density at radius 1 is 1.04 bits per heavy atom. The van der Waals surface area contributed by atoms with E-state index in [1.165, 1.54) is 0 Å². The zero-order valence-electron chi connectivity index (χ0n) is 13.2. The van der Waals surface area contributed by atoms with E-state index in [1.807, 2.05) is 0 Å². The molecule has 0 unspecified atom stereocenters. The molecule has 1 saturated heterocycles. The van der Waals surface area contributed by atoms with E-state index < -0.39 is 35.6 Å². The molecule has 11 nitrogen and oxygen atoms in total. The molecule has 0 aromatic carbocycles. The minimum atomic E-state index is -0.884. The molecule has 2 heterocycles. The molecule has 2 rings (SSSR count). The Morgan fingerprint density at radius 3 is 2.12 bits per heavy atom. The molecule has 0 radical (unpaired) electrons. The van der Waals surface area contributed by atoms with Gasteiger partial charge in [0.2, 0.25) is 0 Å². The minimum Gasteiger partial charge on any atom is -0.351 e. The minimum absolute atomic E-state index is 0.0224. The highest BCUT2D eigenvalue weighted by Crippen LogP contribution is 2.12. The first-order valence-corrected chi connectivity index (χ1v) is 7.44. The van der Waals surface area contributed by atoms with Crippen LogP contribution in [0.25, 0.3) is 0 Å². The summed E-state index contributed by atoms with van der Waals surface area (Å²) >= 11 is 0. The molecule has 6 amide bonds. The van der Waals surface area contributed by atoms with Crippen LogP contribution >= 0.6 is 0 Å². The number of hydrogen-bond acceptors (Lipinski definition) is 7. The van der Waals surface area contributed by atoms with E-state index >= 15 is 0 Å². The summed E-state index contributed by atoms with van der Waals surface area (Å²) in [6.07, 6.45) is 1.85. The number of carbonyl (C=O) groups excluding carboxylic acids is 6. The van der Waals surface area contributed by atoms with Gasteiger partial charge in [0.25, 0.3) is 23.6 Å². The highest BCUT2D eigenvalue weighted by atomic mass is 16.7. The molecule has 0 atom stereocenters.